The molecule has 0 radical (unpaired) electrons. The molecule has 1 aliphatic heterocycles. The number of nitrogens with two attached hydrogens (primary N) is 1. The molecule has 2 heterocycles. The molecule has 1 aliphatic rings. The summed E-state index contributed by atoms with van der Waals surface area (Å²) in [4.78, 5) is 26.3. The summed E-state index contributed by atoms with van der Waals surface area (Å²) < 4.78 is 5.26. The third kappa shape index (κ3) is 2.76. The second kappa shape index (κ2) is 6.05. The highest BCUT2D eigenvalue weighted by atomic mass is 16.5. The number of para-hydroxylation sites is 1. The Bertz CT molecular complexity index is 963. The zero-order valence-corrected chi connectivity index (χ0v) is 13.5. The van der Waals surface area contributed by atoms with Gasteiger partial charge in [0.15, 0.2) is 5.58 Å². The van der Waals surface area contributed by atoms with Crippen LogP contribution in [0.25, 0.3) is 11.0 Å². The number of nitrogens with zero attached hydrogens (tertiary/aromatic N) is 2. The molecule has 4 rings (SSSR count). The predicted molar refractivity (Wildman–Crippen MR) is 91.4 cm³/mol. The van der Waals surface area contributed by atoms with E-state index >= 15 is 0 Å². The Morgan fingerprint density at radius 1 is 1.12 bits per heavy atom. The molecule has 0 unspecified atom stereocenters. The highest BCUT2D eigenvalue weighted by Gasteiger charge is 2.33. The van der Waals surface area contributed by atoms with Gasteiger partial charge < -0.3 is 15.2 Å². The van der Waals surface area contributed by atoms with Crippen LogP contribution in [0.15, 0.2) is 53.1 Å². The van der Waals surface area contributed by atoms with Gasteiger partial charge in [-0.25, -0.2) is 0 Å². The maximum absolute atomic E-state index is 12.9. The van der Waals surface area contributed by atoms with Crippen molar-refractivity contribution in [3.63, 3.8) is 0 Å². The summed E-state index contributed by atoms with van der Waals surface area (Å²) in [6.07, 6.45) is 0.514. The molecule has 0 aliphatic carbocycles. The van der Waals surface area contributed by atoms with Gasteiger partial charge in [-0.1, -0.05) is 41.6 Å². The van der Waals surface area contributed by atoms with Gasteiger partial charge in [0.1, 0.15) is 11.7 Å². The van der Waals surface area contributed by atoms with Crippen LogP contribution in [0, 0.1) is 0 Å². The van der Waals surface area contributed by atoms with Crippen LogP contribution in [0.3, 0.4) is 0 Å². The fourth-order valence-corrected chi connectivity index (χ4v) is 3.35. The molecule has 6 heteroatoms. The SMILES string of the molecule is NC(=O)[C@@H]1Cc2ccccc2CN1C(=O)Cc1noc2ccccc12. The van der Waals surface area contributed by atoms with E-state index in [-0.39, 0.29) is 12.3 Å². The van der Waals surface area contributed by atoms with Crippen molar-refractivity contribution in [1.29, 1.82) is 0 Å². The van der Waals surface area contributed by atoms with E-state index in [2.05, 4.69) is 5.16 Å². The molecule has 0 saturated heterocycles. The standard InChI is InChI=1S/C19H17N3O3/c20-19(24)16-9-12-5-1-2-6-13(12)11-22(16)18(23)10-15-14-7-3-4-8-17(14)25-21-15/h1-8,16H,9-11H2,(H2,20,24)/t16-/m0/s1. The molecule has 0 bridgehead atoms. The fourth-order valence-electron chi connectivity index (χ4n) is 3.35. The minimum absolute atomic E-state index is 0.0724. The predicted octanol–water partition coefficient (Wildman–Crippen LogP) is 1.81. The molecular weight excluding hydrogens is 318 g/mol. The van der Waals surface area contributed by atoms with Gasteiger partial charge in [-0.3, -0.25) is 9.59 Å². The normalized spacial score (nSPS) is 16.6. The van der Waals surface area contributed by atoms with Crippen LogP contribution < -0.4 is 5.73 Å². The second-order valence-corrected chi connectivity index (χ2v) is 6.21. The Balaban J connectivity index is 1.63. The third-order valence-corrected chi connectivity index (χ3v) is 4.67. The van der Waals surface area contributed by atoms with E-state index < -0.39 is 11.9 Å². The van der Waals surface area contributed by atoms with Crippen molar-refractivity contribution in [3.05, 3.63) is 65.4 Å². The van der Waals surface area contributed by atoms with E-state index in [1.807, 2.05) is 42.5 Å². The molecule has 126 valence electrons. The lowest BCUT2D eigenvalue weighted by atomic mass is 9.93. The van der Waals surface area contributed by atoms with E-state index in [1.54, 1.807) is 11.0 Å². The van der Waals surface area contributed by atoms with Crippen LogP contribution in [-0.4, -0.2) is 27.9 Å². The first-order chi connectivity index (χ1) is 12.1. The Morgan fingerprint density at radius 2 is 1.84 bits per heavy atom. The van der Waals surface area contributed by atoms with E-state index in [9.17, 15) is 9.59 Å². The van der Waals surface area contributed by atoms with Crippen molar-refractivity contribution in [1.82, 2.24) is 10.1 Å². The van der Waals surface area contributed by atoms with E-state index in [0.29, 0.717) is 24.2 Å². The van der Waals surface area contributed by atoms with Crippen LogP contribution in [0.1, 0.15) is 16.8 Å². The number of carbonyl (C=O) groups is 2. The number of benzene rings is 2. The van der Waals surface area contributed by atoms with Crippen molar-refractivity contribution in [3.8, 4) is 0 Å². The molecule has 0 spiro atoms. The smallest absolute Gasteiger partial charge is 0.240 e. The Hall–Kier alpha value is -3.15. The van der Waals surface area contributed by atoms with Gasteiger partial charge in [0.05, 0.1) is 6.42 Å². The van der Waals surface area contributed by atoms with Crippen LogP contribution >= 0.6 is 0 Å². The molecule has 25 heavy (non-hydrogen) atoms. The van der Waals surface area contributed by atoms with Crippen molar-refractivity contribution >= 4 is 22.8 Å². The number of primary amides is 1. The lowest BCUT2D eigenvalue weighted by Gasteiger charge is -2.35. The topological polar surface area (TPSA) is 89.4 Å². The molecular formula is C19H17N3O3. The van der Waals surface area contributed by atoms with Crippen molar-refractivity contribution in [2.45, 2.75) is 25.4 Å². The molecule has 1 aromatic heterocycles. The number of carbonyl (C=O) groups excluding carboxylic acids is 2. The summed E-state index contributed by atoms with van der Waals surface area (Å²) in [5.41, 5.74) is 8.86. The van der Waals surface area contributed by atoms with E-state index in [0.717, 1.165) is 16.5 Å². The number of rotatable bonds is 3. The number of aromatic nitrogens is 1. The van der Waals surface area contributed by atoms with Gasteiger partial charge in [0.25, 0.3) is 0 Å². The Labute approximate surface area is 144 Å². The molecule has 2 aromatic carbocycles. The zero-order chi connectivity index (χ0) is 17.4. The number of amides is 2. The maximum Gasteiger partial charge on any atom is 0.240 e. The lowest BCUT2D eigenvalue weighted by Crippen LogP contribution is -2.51. The molecule has 1 atom stereocenters. The summed E-state index contributed by atoms with van der Waals surface area (Å²) in [7, 11) is 0. The summed E-state index contributed by atoms with van der Waals surface area (Å²) >= 11 is 0. The first-order valence-electron chi connectivity index (χ1n) is 8.12. The largest absolute Gasteiger partial charge is 0.368 e. The molecule has 3 aromatic rings. The van der Waals surface area contributed by atoms with Crippen LogP contribution in [0.4, 0.5) is 0 Å². The average molecular weight is 335 g/mol. The summed E-state index contributed by atoms with van der Waals surface area (Å²) in [6.45, 7) is 0.373. The molecule has 2 N–H and O–H groups in total. The lowest BCUT2D eigenvalue weighted by molar-refractivity contribution is -0.140. The molecule has 2 amide bonds. The van der Waals surface area contributed by atoms with Gasteiger partial charge in [0, 0.05) is 18.4 Å². The number of fused-ring (bicyclic) bond motifs is 2. The van der Waals surface area contributed by atoms with Crippen LogP contribution in [-0.2, 0) is 29.0 Å². The van der Waals surface area contributed by atoms with E-state index in [1.165, 1.54) is 0 Å². The van der Waals surface area contributed by atoms with Gasteiger partial charge >= 0.3 is 0 Å². The zero-order valence-electron chi connectivity index (χ0n) is 13.5. The van der Waals surface area contributed by atoms with Crippen molar-refractivity contribution in [2.24, 2.45) is 5.73 Å². The third-order valence-electron chi connectivity index (χ3n) is 4.67. The minimum atomic E-state index is -0.638. The summed E-state index contributed by atoms with van der Waals surface area (Å²) in [6, 6.07) is 14.6. The first kappa shape index (κ1) is 15.4. The van der Waals surface area contributed by atoms with Crippen molar-refractivity contribution < 1.29 is 14.1 Å². The van der Waals surface area contributed by atoms with Crippen LogP contribution in [0.2, 0.25) is 0 Å². The fraction of sp³-hybridized carbons (Fsp3) is 0.211. The maximum atomic E-state index is 12.9. The van der Waals surface area contributed by atoms with Gasteiger partial charge in [-0.2, -0.15) is 0 Å². The summed E-state index contributed by atoms with van der Waals surface area (Å²) in [5, 5.41) is 4.81. The van der Waals surface area contributed by atoms with Crippen LogP contribution in [0.5, 0.6) is 0 Å². The number of hydrogen-bond acceptors (Lipinski definition) is 4. The second-order valence-electron chi connectivity index (χ2n) is 6.21. The van der Waals surface area contributed by atoms with E-state index in [4.69, 9.17) is 10.3 Å². The van der Waals surface area contributed by atoms with Gasteiger partial charge in [-0.05, 0) is 23.3 Å². The van der Waals surface area contributed by atoms with Gasteiger partial charge in [-0.15, -0.1) is 0 Å². The molecule has 0 fully saturated rings. The highest BCUT2D eigenvalue weighted by molar-refractivity contribution is 5.90. The number of hydrogen-bond donors (Lipinski definition) is 1. The highest BCUT2D eigenvalue weighted by Crippen LogP contribution is 2.25. The Morgan fingerprint density at radius 3 is 2.64 bits per heavy atom. The monoisotopic (exact) mass is 335 g/mol. The Kier molecular flexibility index (Phi) is 3.72. The molecule has 6 nitrogen and oxygen atoms in total. The van der Waals surface area contributed by atoms with Gasteiger partial charge in [0.2, 0.25) is 11.8 Å². The average Bonchev–Trinajstić information content (AvgIpc) is 3.03. The summed E-state index contributed by atoms with van der Waals surface area (Å²) in [5.74, 6) is -0.676. The van der Waals surface area contributed by atoms with Crippen molar-refractivity contribution in [2.75, 3.05) is 0 Å². The molecule has 0 saturated carbocycles. The minimum Gasteiger partial charge on any atom is -0.368 e. The quantitative estimate of drug-likeness (QED) is 0.790. The first-order valence-corrected chi connectivity index (χ1v) is 8.12.